The van der Waals surface area contributed by atoms with E-state index >= 15 is 0 Å². The van der Waals surface area contributed by atoms with Crippen molar-refractivity contribution in [3.8, 4) is 5.75 Å². The lowest BCUT2D eigenvalue weighted by atomic mass is 9.96. The molecule has 0 bridgehead atoms. The van der Waals surface area contributed by atoms with E-state index in [1.807, 2.05) is 13.0 Å². The number of pyridine rings is 1. The molecule has 2 aromatic heterocycles. The third-order valence-corrected chi connectivity index (χ3v) is 6.47. The number of amides is 1. The van der Waals surface area contributed by atoms with Gasteiger partial charge in [0.05, 0.1) is 28.4 Å². The molecule has 34 heavy (non-hydrogen) atoms. The van der Waals surface area contributed by atoms with Crippen LogP contribution in [-0.4, -0.2) is 33.4 Å². The average Bonchev–Trinajstić information content (AvgIpc) is 3.38. The molecule has 0 aliphatic carbocycles. The molecular formula is C25H18FN3O4S. The monoisotopic (exact) mass is 475 g/mol. The van der Waals surface area contributed by atoms with Crippen molar-refractivity contribution in [2.45, 2.75) is 13.0 Å². The molecular weight excluding hydrogens is 457 g/mol. The smallest absolute Gasteiger partial charge is 0.301 e. The van der Waals surface area contributed by atoms with Crippen molar-refractivity contribution in [1.29, 1.82) is 0 Å². The molecule has 0 saturated carbocycles. The van der Waals surface area contributed by atoms with Crippen LogP contribution in [0.3, 0.4) is 0 Å². The summed E-state index contributed by atoms with van der Waals surface area (Å²) in [5, 5.41) is 11.4. The molecule has 7 nitrogen and oxygen atoms in total. The Morgan fingerprint density at radius 2 is 1.85 bits per heavy atom. The zero-order valence-electron chi connectivity index (χ0n) is 17.9. The second kappa shape index (κ2) is 8.68. The van der Waals surface area contributed by atoms with Gasteiger partial charge in [-0.3, -0.25) is 19.5 Å². The van der Waals surface area contributed by atoms with Crippen LogP contribution >= 0.6 is 11.3 Å². The SMILES string of the molecule is CCOc1ccc2nc(N3C(=O)C(=O)C(=C(O)c4ccc(F)cc4)C3c3ccncc3)sc2c1. The van der Waals surface area contributed by atoms with E-state index in [-0.39, 0.29) is 16.9 Å². The predicted octanol–water partition coefficient (Wildman–Crippen LogP) is 4.86. The number of ketones is 1. The van der Waals surface area contributed by atoms with Gasteiger partial charge in [-0.2, -0.15) is 0 Å². The molecule has 1 saturated heterocycles. The predicted molar refractivity (Wildman–Crippen MR) is 126 cm³/mol. The first-order valence-electron chi connectivity index (χ1n) is 10.5. The summed E-state index contributed by atoms with van der Waals surface area (Å²) in [4.78, 5) is 36.3. The molecule has 5 rings (SSSR count). The van der Waals surface area contributed by atoms with Crippen LogP contribution in [0.5, 0.6) is 5.75 Å². The third kappa shape index (κ3) is 3.69. The summed E-state index contributed by atoms with van der Waals surface area (Å²) in [6, 6.07) is 12.9. The van der Waals surface area contributed by atoms with Gasteiger partial charge in [0, 0.05) is 18.0 Å². The largest absolute Gasteiger partial charge is 0.507 e. The van der Waals surface area contributed by atoms with Crippen LogP contribution in [0.4, 0.5) is 9.52 Å². The van der Waals surface area contributed by atoms with E-state index in [0.29, 0.717) is 28.6 Å². The summed E-state index contributed by atoms with van der Waals surface area (Å²) in [5.74, 6) is -1.85. The summed E-state index contributed by atoms with van der Waals surface area (Å²) in [6.07, 6.45) is 3.08. The number of ether oxygens (including phenoxy) is 1. The van der Waals surface area contributed by atoms with Crippen molar-refractivity contribution in [2.24, 2.45) is 0 Å². The van der Waals surface area contributed by atoms with Crippen molar-refractivity contribution in [2.75, 3.05) is 11.5 Å². The van der Waals surface area contributed by atoms with Gasteiger partial charge in [0.25, 0.3) is 5.78 Å². The van der Waals surface area contributed by atoms with Gasteiger partial charge in [0.15, 0.2) is 5.13 Å². The first kappa shape index (κ1) is 21.7. The maximum absolute atomic E-state index is 13.4. The molecule has 1 aliphatic rings. The molecule has 1 fully saturated rings. The second-order valence-corrected chi connectivity index (χ2v) is 8.52. The number of benzene rings is 2. The van der Waals surface area contributed by atoms with Crippen LogP contribution < -0.4 is 9.64 Å². The number of halogens is 1. The maximum atomic E-state index is 13.4. The highest BCUT2D eigenvalue weighted by molar-refractivity contribution is 7.22. The number of thiazole rings is 1. The Hall–Kier alpha value is -4.11. The normalized spacial score (nSPS) is 17.5. The van der Waals surface area contributed by atoms with Crippen LogP contribution in [0.15, 0.2) is 72.6 Å². The molecule has 2 aromatic carbocycles. The minimum Gasteiger partial charge on any atom is -0.507 e. The summed E-state index contributed by atoms with van der Waals surface area (Å²) in [5.41, 5.74) is 1.35. The fourth-order valence-corrected chi connectivity index (χ4v) is 4.93. The first-order chi connectivity index (χ1) is 16.5. The van der Waals surface area contributed by atoms with E-state index in [4.69, 9.17) is 4.74 Å². The topological polar surface area (TPSA) is 92.6 Å². The van der Waals surface area contributed by atoms with E-state index in [1.165, 1.54) is 40.5 Å². The highest BCUT2D eigenvalue weighted by atomic mass is 32.1. The van der Waals surface area contributed by atoms with Gasteiger partial charge in [-0.25, -0.2) is 9.37 Å². The number of carbonyl (C=O) groups is 2. The maximum Gasteiger partial charge on any atom is 0.301 e. The molecule has 170 valence electrons. The fourth-order valence-electron chi connectivity index (χ4n) is 3.91. The Morgan fingerprint density at radius 3 is 2.56 bits per heavy atom. The lowest BCUT2D eigenvalue weighted by molar-refractivity contribution is -0.132. The Bertz CT molecular complexity index is 1430. The number of fused-ring (bicyclic) bond motifs is 1. The van der Waals surface area contributed by atoms with Gasteiger partial charge in [0.1, 0.15) is 17.3 Å². The third-order valence-electron chi connectivity index (χ3n) is 5.45. The number of hydrogen-bond acceptors (Lipinski definition) is 7. The van der Waals surface area contributed by atoms with Gasteiger partial charge >= 0.3 is 5.91 Å². The fraction of sp³-hybridized carbons (Fsp3) is 0.120. The number of nitrogens with zero attached hydrogens (tertiary/aromatic N) is 3. The quantitative estimate of drug-likeness (QED) is 0.252. The van der Waals surface area contributed by atoms with Crippen molar-refractivity contribution in [3.63, 3.8) is 0 Å². The van der Waals surface area contributed by atoms with Gasteiger partial charge < -0.3 is 9.84 Å². The Morgan fingerprint density at radius 1 is 1.12 bits per heavy atom. The number of aliphatic hydroxyl groups is 1. The van der Waals surface area contributed by atoms with E-state index in [1.54, 1.807) is 36.7 Å². The van der Waals surface area contributed by atoms with Gasteiger partial charge in [-0.15, -0.1) is 0 Å². The molecule has 1 aliphatic heterocycles. The highest BCUT2D eigenvalue weighted by Gasteiger charge is 2.48. The molecule has 9 heteroatoms. The summed E-state index contributed by atoms with van der Waals surface area (Å²) < 4.78 is 19.8. The lowest BCUT2D eigenvalue weighted by Crippen LogP contribution is -2.29. The summed E-state index contributed by atoms with van der Waals surface area (Å²) in [7, 11) is 0. The zero-order chi connectivity index (χ0) is 23.8. The number of aliphatic hydroxyl groups excluding tert-OH is 1. The van der Waals surface area contributed by atoms with E-state index < -0.39 is 23.5 Å². The Labute approximate surface area is 197 Å². The number of Topliss-reactive ketones (excluding diaryl/α,β-unsaturated/α-hetero) is 1. The number of carbonyl (C=O) groups excluding carboxylic acids is 2. The van der Waals surface area contributed by atoms with E-state index in [0.717, 1.165) is 4.70 Å². The van der Waals surface area contributed by atoms with Crippen molar-refractivity contribution in [1.82, 2.24) is 9.97 Å². The number of hydrogen-bond donors (Lipinski definition) is 1. The molecule has 1 unspecified atom stereocenters. The van der Waals surface area contributed by atoms with Crippen molar-refractivity contribution in [3.05, 3.63) is 89.5 Å². The summed E-state index contributed by atoms with van der Waals surface area (Å²) in [6.45, 7) is 2.40. The van der Waals surface area contributed by atoms with Crippen molar-refractivity contribution >= 4 is 44.1 Å². The van der Waals surface area contributed by atoms with Crippen LogP contribution in [-0.2, 0) is 9.59 Å². The van der Waals surface area contributed by atoms with E-state index in [2.05, 4.69) is 9.97 Å². The average molecular weight is 476 g/mol. The number of anilines is 1. The van der Waals surface area contributed by atoms with Crippen LogP contribution in [0.25, 0.3) is 16.0 Å². The van der Waals surface area contributed by atoms with Crippen molar-refractivity contribution < 1.29 is 23.8 Å². The Balaban J connectivity index is 1.68. The first-order valence-corrected chi connectivity index (χ1v) is 11.3. The van der Waals surface area contributed by atoms with Gasteiger partial charge in [-0.05, 0) is 67.1 Å². The minimum atomic E-state index is -0.931. The van der Waals surface area contributed by atoms with Gasteiger partial charge in [-0.1, -0.05) is 11.3 Å². The molecule has 1 atom stereocenters. The highest BCUT2D eigenvalue weighted by Crippen LogP contribution is 2.44. The number of rotatable bonds is 5. The molecule has 4 aromatic rings. The molecule has 1 amide bonds. The van der Waals surface area contributed by atoms with Crippen LogP contribution in [0.1, 0.15) is 24.1 Å². The number of aromatic nitrogens is 2. The summed E-state index contributed by atoms with van der Waals surface area (Å²) >= 11 is 1.24. The molecule has 1 N–H and O–H groups in total. The minimum absolute atomic E-state index is 0.0999. The van der Waals surface area contributed by atoms with Crippen LogP contribution in [0.2, 0.25) is 0 Å². The van der Waals surface area contributed by atoms with Crippen LogP contribution in [0, 0.1) is 5.82 Å². The standard InChI is InChI=1S/C25H18FN3O4S/c1-2-33-17-7-8-18-19(13-17)34-25(28-18)29-21(14-9-11-27-12-10-14)20(23(31)24(29)32)22(30)15-3-5-16(26)6-4-15/h3-13,21,30H,2H2,1H3. The zero-order valence-corrected chi connectivity index (χ0v) is 18.8. The molecule has 0 spiro atoms. The van der Waals surface area contributed by atoms with Gasteiger partial charge in [0.2, 0.25) is 0 Å². The van der Waals surface area contributed by atoms with E-state index in [9.17, 15) is 19.1 Å². The second-order valence-electron chi connectivity index (χ2n) is 7.52. The molecule has 3 heterocycles. The molecule has 0 radical (unpaired) electrons. The lowest BCUT2D eigenvalue weighted by Gasteiger charge is -2.22. The Kier molecular flexibility index (Phi) is 5.54.